The molecule has 0 bridgehead atoms. The highest BCUT2D eigenvalue weighted by atomic mass is 32.2. The van der Waals surface area contributed by atoms with Gasteiger partial charge in [0.05, 0.1) is 10.1 Å². The molecule has 23 heavy (non-hydrogen) atoms. The van der Waals surface area contributed by atoms with Crippen molar-refractivity contribution in [1.82, 2.24) is 0 Å². The first kappa shape index (κ1) is 17.8. The molecule has 0 N–H and O–H groups in total. The fraction of sp³-hybridized carbons (Fsp3) is 0.263. The van der Waals surface area contributed by atoms with Gasteiger partial charge in [0.25, 0.3) is 0 Å². The third-order valence-electron chi connectivity index (χ3n) is 3.62. The second kappa shape index (κ2) is 8.37. The summed E-state index contributed by atoms with van der Waals surface area (Å²) in [6.07, 6.45) is 2.43. The molecule has 2 aromatic carbocycles. The maximum absolute atomic E-state index is 13.0. The molecular weight excluding hydrogens is 324 g/mol. The summed E-state index contributed by atoms with van der Waals surface area (Å²) in [5.41, 5.74) is 0. The summed E-state index contributed by atoms with van der Waals surface area (Å²) in [7, 11) is -3.41. The van der Waals surface area contributed by atoms with E-state index < -0.39 is 15.1 Å². The van der Waals surface area contributed by atoms with Crippen LogP contribution in [0.5, 0.6) is 0 Å². The molecule has 0 heterocycles. The molecule has 1 atom stereocenters. The van der Waals surface area contributed by atoms with Crippen molar-refractivity contribution in [3.63, 3.8) is 0 Å². The summed E-state index contributed by atoms with van der Waals surface area (Å²) < 4.78 is 26.0. The van der Waals surface area contributed by atoms with Gasteiger partial charge in [-0.05, 0) is 30.7 Å². The van der Waals surface area contributed by atoms with E-state index in [4.69, 9.17) is 0 Å². The first-order valence-corrected chi connectivity index (χ1v) is 10.1. The molecule has 0 aliphatic heterocycles. The molecule has 4 heteroatoms. The van der Waals surface area contributed by atoms with Crippen LogP contribution in [0.3, 0.4) is 0 Å². The molecule has 0 aliphatic rings. The molecule has 122 valence electrons. The van der Waals surface area contributed by atoms with Gasteiger partial charge >= 0.3 is 0 Å². The van der Waals surface area contributed by atoms with Crippen molar-refractivity contribution in [2.45, 2.75) is 41.2 Å². The average molecular weight is 347 g/mol. The van der Waals surface area contributed by atoms with E-state index in [1.807, 2.05) is 36.4 Å². The lowest BCUT2D eigenvalue weighted by atomic mass is 10.2. The molecular formula is C19H22O2S2. The average Bonchev–Trinajstić information content (AvgIpc) is 2.57. The van der Waals surface area contributed by atoms with Gasteiger partial charge in [0.15, 0.2) is 9.84 Å². The van der Waals surface area contributed by atoms with Gasteiger partial charge in [-0.3, -0.25) is 0 Å². The number of unbranched alkanes of at least 4 members (excludes halogenated alkanes) is 1. The van der Waals surface area contributed by atoms with E-state index in [-0.39, 0.29) is 0 Å². The van der Waals surface area contributed by atoms with Crippen LogP contribution in [-0.4, -0.2) is 13.7 Å². The standard InChI is InChI=1S/C19H22O2S2/c1-3-4-15-19(16(2)22-17-11-7-5-8-12-17)23(20,21)18-13-9-6-10-14-18/h5-14,19H,2-4,15H2,1H3. The number of thioether (sulfide) groups is 1. The second-order valence-corrected chi connectivity index (χ2v) is 8.70. The molecule has 0 spiro atoms. The van der Waals surface area contributed by atoms with Crippen molar-refractivity contribution >= 4 is 21.6 Å². The molecule has 0 saturated heterocycles. The van der Waals surface area contributed by atoms with Gasteiger partial charge in [0.1, 0.15) is 0 Å². The first-order chi connectivity index (χ1) is 11.1. The summed E-state index contributed by atoms with van der Waals surface area (Å²) in [5.74, 6) is 0. The van der Waals surface area contributed by atoms with Crippen LogP contribution in [0.2, 0.25) is 0 Å². The van der Waals surface area contributed by atoms with Crippen LogP contribution >= 0.6 is 11.8 Å². The monoisotopic (exact) mass is 346 g/mol. The zero-order valence-electron chi connectivity index (χ0n) is 13.3. The molecule has 0 amide bonds. The van der Waals surface area contributed by atoms with Gasteiger partial charge in [-0.25, -0.2) is 8.42 Å². The highest BCUT2D eigenvalue weighted by Crippen LogP contribution is 2.35. The fourth-order valence-corrected chi connectivity index (χ4v) is 5.42. The highest BCUT2D eigenvalue weighted by molar-refractivity contribution is 8.04. The van der Waals surface area contributed by atoms with Crippen LogP contribution in [0.25, 0.3) is 0 Å². The third-order valence-corrected chi connectivity index (χ3v) is 7.02. The zero-order valence-corrected chi connectivity index (χ0v) is 14.9. The lowest BCUT2D eigenvalue weighted by molar-refractivity contribution is 0.578. The van der Waals surface area contributed by atoms with Crippen molar-refractivity contribution in [1.29, 1.82) is 0 Å². The minimum Gasteiger partial charge on any atom is -0.223 e. The predicted molar refractivity (Wildman–Crippen MR) is 98.4 cm³/mol. The minimum atomic E-state index is -3.41. The Morgan fingerprint density at radius 2 is 1.61 bits per heavy atom. The van der Waals surface area contributed by atoms with Gasteiger partial charge in [0.2, 0.25) is 0 Å². The summed E-state index contributed by atoms with van der Waals surface area (Å²) >= 11 is 1.45. The minimum absolute atomic E-state index is 0.371. The summed E-state index contributed by atoms with van der Waals surface area (Å²) in [6, 6.07) is 18.5. The zero-order chi connectivity index (χ0) is 16.7. The molecule has 2 rings (SSSR count). The van der Waals surface area contributed by atoms with Gasteiger partial charge in [-0.15, -0.1) is 0 Å². The normalized spacial score (nSPS) is 12.7. The molecule has 1 unspecified atom stereocenters. The Kier molecular flexibility index (Phi) is 6.48. The number of hydrogen-bond acceptors (Lipinski definition) is 3. The predicted octanol–water partition coefficient (Wildman–Crippen LogP) is 5.33. The van der Waals surface area contributed by atoms with Crippen LogP contribution in [-0.2, 0) is 9.84 Å². The van der Waals surface area contributed by atoms with Crippen molar-refractivity contribution in [3.05, 3.63) is 72.1 Å². The van der Waals surface area contributed by atoms with E-state index >= 15 is 0 Å². The quantitative estimate of drug-likeness (QED) is 0.606. The van der Waals surface area contributed by atoms with Crippen LogP contribution in [0.1, 0.15) is 26.2 Å². The van der Waals surface area contributed by atoms with Gasteiger partial charge in [-0.2, -0.15) is 0 Å². The molecule has 0 saturated carbocycles. The van der Waals surface area contributed by atoms with Crippen molar-refractivity contribution in [3.8, 4) is 0 Å². The van der Waals surface area contributed by atoms with Crippen LogP contribution in [0.4, 0.5) is 0 Å². The second-order valence-electron chi connectivity index (χ2n) is 5.37. The van der Waals surface area contributed by atoms with E-state index in [2.05, 4.69) is 13.5 Å². The van der Waals surface area contributed by atoms with Crippen molar-refractivity contribution in [2.24, 2.45) is 0 Å². The largest absolute Gasteiger partial charge is 0.223 e. The summed E-state index contributed by atoms with van der Waals surface area (Å²) in [5, 5.41) is -0.560. The molecule has 0 aromatic heterocycles. The van der Waals surface area contributed by atoms with Crippen molar-refractivity contribution < 1.29 is 8.42 Å². The Balaban J connectivity index is 2.27. The molecule has 0 aliphatic carbocycles. The molecule has 0 radical (unpaired) electrons. The first-order valence-electron chi connectivity index (χ1n) is 7.76. The SMILES string of the molecule is C=C(Sc1ccccc1)C(CCCC)S(=O)(=O)c1ccccc1. The van der Waals surface area contributed by atoms with E-state index in [1.54, 1.807) is 24.3 Å². The van der Waals surface area contributed by atoms with Crippen LogP contribution in [0.15, 0.2) is 81.9 Å². The topological polar surface area (TPSA) is 34.1 Å². The maximum atomic E-state index is 13.0. The molecule has 0 fully saturated rings. The lowest BCUT2D eigenvalue weighted by Crippen LogP contribution is -2.22. The maximum Gasteiger partial charge on any atom is 0.185 e. The molecule has 2 aromatic rings. The highest BCUT2D eigenvalue weighted by Gasteiger charge is 2.29. The van der Waals surface area contributed by atoms with E-state index in [0.717, 1.165) is 17.7 Å². The summed E-state index contributed by atoms with van der Waals surface area (Å²) in [6.45, 7) is 6.15. The number of sulfone groups is 1. The Hall–Kier alpha value is -1.52. The Labute approximate surface area is 143 Å². The van der Waals surface area contributed by atoms with Crippen LogP contribution in [0, 0.1) is 0 Å². The Morgan fingerprint density at radius 3 is 2.17 bits per heavy atom. The van der Waals surface area contributed by atoms with Gasteiger partial charge in [0, 0.05) is 9.80 Å². The van der Waals surface area contributed by atoms with E-state index in [9.17, 15) is 8.42 Å². The number of hydrogen-bond donors (Lipinski definition) is 0. The number of rotatable bonds is 8. The third kappa shape index (κ3) is 4.72. The Bertz CT molecular complexity index is 722. The van der Waals surface area contributed by atoms with Gasteiger partial charge in [-0.1, -0.05) is 74.5 Å². The van der Waals surface area contributed by atoms with Crippen molar-refractivity contribution in [2.75, 3.05) is 0 Å². The lowest BCUT2D eigenvalue weighted by Gasteiger charge is -2.19. The summed E-state index contributed by atoms with van der Waals surface area (Å²) in [4.78, 5) is 2.08. The number of benzene rings is 2. The Morgan fingerprint density at radius 1 is 1.04 bits per heavy atom. The van der Waals surface area contributed by atoms with E-state index in [1.165, 1.54) is 11.8 Å². The molecule has 2 nitrogen and oxygen atoms in total. The smallest absolute Gasteiger partial charge is 0.185 e. The van der Waals surface area contributed by atoms with Crippen LogP contribution < -0.4 is 0 Å². The van der Waals surface area contributed by atoms with E-state index in [0.29, 0.717) is 16.2 Å². The fourth-order valence-electron chi connectivity index (χ4n) is 2.36. The van der Waals surface area contributed by atoms with Gasteiger partial charge < -0.3 is 0 Å².